The van der Waals surface area contributed by atoms with Gasteiger partial charge < -0.3 is 20.0 Å². The van der Waals surface area contributed by atoms with Gasteiger partial charge in [0.05, 0.1) is 12.0 Å². The third-order valence-corrected chi connectivity index (χ3v) is 7.40. The van der Waals surface area contributed by atoms with E-state index in [2.05, 4.69) is 22.3 Å². The lowest BCUT2D eigenvalue weighted by atomic mass is 9.81. The molecule has 1 unspecified atom stereocenters. The number of rotatable bonds is 5. The molecule has 9 nitrogen and oxygen atoms in total. The number of hydrogen-bond donors (Lipinski definition) is 2. The number of amides is 3. The molecular formula is C25H37N5O4. The van der Waals surface area contributed by atoms with Crippen LogP contribution >= 0.6 is 0 Å². The summed E-state index contributed by atoms with van der Waals surface area (Å²) in [6.07, 6.45) is 4.02. The lowest BCUT2D eigenvalue weighted by Crippen LogP contribution is -2.61. The fourth-order valence-corrected chi connectivity index (χ4v) is 5.45. The van der Waals surface area contributed by atoms with Crippen molar-refractivity contribution in [1.29, 1.82) is 0 Å². The molecular weight excluding hydrogens is 434 g/mol. The third-order valence-electron chi connectivity index (χ3n) is 7.40. The van der Waals surface area contributed by atoms with Crippen LogP contribution in [0.15, 0.2) is 30.3 Å². The maximum absolute atomic E-state index is 13.4. The number of piperazine rings is 1. The second kappa shape index (κ2) is 11.2. The fourth-order valence-electron chi connectivity index (χ4n) is 5.45. The van der Waals surface area contributed by atoms with Crippen molar-refractivity contribution in [3.8, 4) is 0 Å². The van der Waals surface area contributed by atoms with Gasteiger partial charge in [-0.05, 0) is 50.3 Å². The van der Waals surface area contributed by atoms with Gasteiger partial charge in [-0.1, -0.05) is 18.2 Å². The molecule has 3 aliphatic heterocycles. The second-order valence-corrected chi connectivity index (χ2v) is 9.75. The number of nitrogens with zero attached hydrogens (tertiary/aromatic N) is 4. The van der Waals surface area contributed by atoms with Gasteiger partial charge >= 0.3 is 0 Å². The second-order valence-electron chi connectivity index (χ2n) is 9.75. The van der Waals surface area contributed by atoms with Gasteiger partial charge in [0.2, 0.25) is 11.8 Å². The van der Waals surface area contributed by atoms with E-state index in [0.717, 1.165) is 51.1 Å². The number of hydroxylamine groups is 2. The Kier molecular flexibility index (Phi) is 8.05. The van der Waals surface area contributed by atoms with E-state index < -0.39 is 17.9 Å². The summed E-state index contributed by atoms with van der Waals surface area (Å²) in [5.74, 6) is -1.20. The Morgan fingerprint density at radius 3 is 2.29 bits per heavy atom. The summed E-state index contributed by atoms with van der Waals surface area (Å²) in [4.78, 5) is 45.0. The van der Waals surface area contributed by atoms with Gasteiger partial charge in [0, 0.05) is 58.4 Å². The van der Waals surface area contributed by atoms with Crippen molar-refractivity contribution in [2.75, 3.05) is 57.8 Å². The van der Waals surface area contributed by atoms with Crippen LogP contribution in [0.1, 0.15) is 32.1 Å². The van der Waals surface area contributed by atoms with Crippen LogP contribution in [0.5, 0.6) is 0 Å². The molecule has 0 aromatic heterocycles. The third kappa shape index (κ3) is 5.70. The average molecular weight is 472 g/mol. The maximum atomic E-state index is 13.4. The Morgan fingerprint density at radius 1 is 0.971 bits per heavy atom. The smallest absolute Gasteiger partial charge is 0.250 e. The summed E-state index contributed by atoms with van der Waals surface area (Å²) >= 11 is 0. The number of likely N-dealkylation sites (tertiary alicyclic amines) is 1. The van der Waals surface area contributed by atoms with Crippen LogP contribution in [-0.4, -0.2) is 96.7 Å². The number of hydrogen-bond acceptors (Lipinski definition) is 6. The fraction of sp³-hybridized carbons (Fsp3) is 0.640. The molecule has 4 rings (SSSR count). The van der Waals surface area contributed by atoms with E-state index in [-0.39, 0.29) is 17.7 Å². The highest BCUT2D eigenvalue weighted by Crippen LogP contribution is 2.28. The van der Waals surface area contributed by atoms with Crippen LogP contribution in [0.25, 0.3) is 0 Å². The number of para-hydroxylation sites is 1. The van der Waals surface area contributed by atoms with Gasteiger partial charge in [0.1, 0.15) is 0 Å². The highest BCUT2D eigenvalue weighted by Gasteiger charge is 2.43. The molecule has 3 amide bonds. The zero-order chi connectivity index (χ0) is 24.1. The Bertz CT molecular complexity index is 850. The maximum Gasteiger partial charge on any atom is 0.250 e. The zero-order valence-electron chi connectivity index (χ0n) is 20.1. The Morgan fingerprint density at radius 2 is 1.65 bits per heavy atom. The predicted octanol–water partition coefficient (Wildman–Crippen LogP) is 1.18. The molecule has 3 heterocycles. The van der Waals surface area contributed by atoms with Crippen molar-refractivity contribution in [3.05, 3.63) is 30.3 Å². The summed E-state index contributed by atoms with van der Waals surface area (Å²) in [5, 5.41) is 13.7. The molecule has 1 aromatic rings. The molecule has 0 radical (unpaired) electrons. The lowest BCUT2D eigenvalue weighted by Gasteiger charge is -2.41. The zero-order valence-corrected chi connectivity index (χ0v) is 20.1. The van der Waals surface area contributed by atoms with Crippen LogP contribution in [0, 0.1) is 11.8 Å². The van der Waals surface area contributed by atoms with Gasteiger partial charge in [-0.3, -0.25) is 19.6 Å². The summed E-state index contributed by atoms with van der Waals surface area (Å²) in [6.45, 7) is 4.74. The molecule has 3 saturated heterocycles. The SMILES string of the molecule is CN(O)C(=O)[C@H]1CC(CC(=O)N2CCCCC2)CN[C@@H]1C(=O)N1CCN(c2ccccc2)CC1. The first kappa shape index (κ1) is 24.5. The summed E-state index contributed by atoms with van der Waals surface area (Å²) in [7, 11) is 1.30. The van der Waals surface area contributed by atoms with E-state index in [1.54, 1.807) is 0 Å². The molecule has 3 fully saturated rings. The Balaban J connectivity index is 1.37. The van der Waals surface area contributed by atoms with Gasteiger partial charge in [-0.25, -0.2) is 5.06 Å². The quantitative estimate of drug-likeness (QED) is 0.495. The van der Waals surface area contributed by atoms with Crippen molar-refractivity contribution in [3.63, 3.8) is 0 Å². The number of piperidine rings is 2. The Labute approximate surface area is 201 Å². The van der Waals surface area contributed by atoms with E-state index in [1.165, 1.54) is 7.05 Å². The van der Waals surface area contributed by atoms with Crippen LogP contribution in [0.3, 0.4) is 0 Å². The molecule has 0 spiro atoms. The average Bonchev–Trinajstić information content (AvgIpc) is 2.89. The largest absolute Gasteiger partial charge is 0.368 e. The molecule has 9 heteroatoms. The minimum atomic E-state index is -0.692. The first-order valence-corrected chi connectivity index (χ1v) is 12.5. The van der Waals surface area contributed by atoms with Crippen molar-refractivity contribution >= 4 is 23.4 Å². The molecule has 3 aliphatic rings. The van der Waals surface area contributed by atoms with Gasteiger partial charge in [0.15, 0.2) is 0 Å². The molecule has 2 N–H and O–H groups in total. The topological polar surface area (TPSA) is 96.4 Å². The van der Waals surface area contributed by atoms with Crippen molar-refractivity contribution in [1.82, 2.24) is 20.2 Å². The van der Waals surface area contributed by atoms with E-state index in [0.29, 0.717) is 37.5 Å². The monoisotopic (exact) mass is 471 g/mol. The lowest BCUT2D eigenvalue weighted by molar-refractivity contribution is -0.169. The molecule has 1 aromatic carbocycles. The summed E-state index contributed by atoms with van der Waals surface area (Å²) in [5.41, 5.74) is 1.14. The highest BCUT2D eigenvalue weighted by atomic mass is 16.5. The minimum Gasteiger partial charge on any atom is -0.368 e. The molecule has 0 bridgehead atoms. The number of nitrogens with one attached hydrogen (secondary N) is 1. The highest BCUT2D eigenvalue weighted by molar-refractivity contribution is 5.90. The molecule has 34 heavy (non-hydrogen) atoms. The van der Waals surface area contributed by atoms with Crippen LogP contribution in [0.4, 0.5) is 5.69 Å². The molecule has 186 valence electrons. The number of anilines is 1. The first-order valence-electron chi connectivity index (χ1n) is 12.5. The van der Waals surface area contributed by atoms with Crippen molar-refractivity contribution < 1.29 is 19.6 Å². The van der Waals surface area contributed by atoms with Gasteiger partial charge in [-0.15, -0.1) is 0 Å². The molecule has 0 saturated carbocycles. The van der Waals surface area contributed by atoms with E-state index in [4.69, 9.17) is 0 Å². The van der Waals surface area contributed by atoms with Crippen molar-refractivity contribution in [2.24, 2.45) is 11.8 Å². The Hall–Kier alpha value is -2.65. The number of benzene rings is 1. The predicted molar refractivity (Wildman–Crippen MR) is 128 cm³/mol. The summed E-state index contributed by atoms with van der Waals surface area (Å²) in [6, 6.07) is 9.45. The molecule has 0 aliphatic carbocycles. The van der Waals surface area contributed by atoms with Crippen molar-refractivity contribution in [2.45, 2.75) is 38.1 Å². The van der Waals surface area contributed by atoms with Crippen LogP contribution in [0.2, 0.25) is 0 Å². The van der Waals surface area contributed by atoms with Gasteiger partial charge in [0.25, 0.3) is 5.91 Å². The first-order chi connectivity index (χ1) is 16.4. The van der Waals surface area contributed by atoms with Crippen LogP contribution < -0.4 is 10.2 Å². The van der Waals surface area contributed by atoms with Crippen LogP contribution in [-0.2, 0) is 14.4 Å². The van der Waals surface area contributed by atoms with E-state index in [1.807, 2.05) is 28.0 Å². The van der Waals surface area contributed by atoms with Gasteiger partial charge in [-0.2, -0.15) is 0 Å². The number of carbonyl (C=O) groups is 3. The minimum absolute atomic E-state index is 0.0395. The summed E-state index contributed by atoms with van der Waals surface area (Å²) < 4.78 is 0. The standard InChI is InChI=1S/C25H37N5O4/c1-27(34)24(32)21-16-19(17-22(31)29-10-6-3-7-11-29)18-26-23(21)25(33)30-14-12-28(13-15-30)20-8-4-2-5-9-20/h2,4-5,8-9,19,21,23,26,34H,3,6-7,10-18H2,1H3/t19?,21-,23-/m0/s1. The van der Waals surface area contributed by atoms with E-state index >= 15 is 0 Å². The van der Waals surface area contributed by atoms with E-state index in [9.17, 15) is 19.6 Å². The normalized spacial score (nSPS) is 25.7. The molecule has 3 atom stereocenters. The number of carbonyl (C=O) groups excluding carboxylic acids is 3.